The molecule has 0 saturated carbocycles. The Hall–Kier alpha value is -0.720. The van der Waals surface area contributed by atoms with Gasteiger partial charge in [0.05, 0.1) is 0 Å². The molecule has 0 aromatic carbocycles. The summed E-state index contributed by atoms with van der Waals surface area (Å²) in [6, 6.07) is 0. The Morgan fingerprint density at radius 2 is 0.957 bits per heavy atom. The van der Waals surface area contributed by atoms with Gasteiger partial charge in [-0.15, -0.1) is 6.58 Å². The Bertz CT molecular complexity index is 208. The van der Waals surface area contributed by atoms with Crippen LogP contribution in [0.1, 0.15) is 118 Å². The average molecular weight is 326 g/mol. The summed E-state index contributed by atoms with van der Waals surface area (Å²) < 4.78 is 0. The molecule has 0 bridgehead atoms. The predicted octanol–water partition coefficient (Wildman–Crippen LogP) is 8.16. The lowest BCUT2D eigenvalue weighted by atomic mass is 10.0. The third-order valence-corrected chi connectivity index (χ3v) is 3.66. The maximum absolute atomic E-state index is 5.54. The number of rotatable bonds is 15. The van der Waals surface area contributed by atoms with Crippen molar-refractivity contribution in [2.45, 2.75) is 118 Å². The van der Waals surface area contributed by atoms with Crippen molar-refractivity contribution in [2.24, 2.45) is 5.73 Å². The molecule has 0 aliphatic rings. The maximum Gasteiger partial charge on any atom is 0.000744 e. The number of allylic oxidation sites excluding steroid dienone is 2. The second-order valence-electron chi connectivity index (χ2n) is 5.73. The molecular weight excluding hydrogens is 278 g/mol. The van der Waals surface area contributed by atoms with Crippen LogP contribution < -0.4 is 5.73 Å². The molecule has 1 nitrogen and oxygen atoms in total. The molecule has 0 spiro atoms. The zero-order valence-electron chi connectivity index (χ0n) is 17.0. The molecule has 0 radical (unpaired) electrons. The zero-order valence-corrected chi connectivity index (χ0v) is 17.0. The van der Waals surface area contributed by atoms with E-state index in [1.165, 1.54) is 83.5 Å². The Morgan fingerprint density at radius 3 is 1.26 bits per heavy atom. The molecule has 2 N–H and O–H groups in total. The minimum absolute atomic E-state index is 0.841. The number of unbranched alkanes of at least 4 members (excludes halogenated alkanes) is 12. The molecular formula is C22H47N. The van der Waals surface area contributed by atoms with Crippen molar-refractivity contribution in [2.75, 3.05) is 0 Å². The molecule has 0 heterocycles. The summed E-state index contributed by atoms with van der Waals surface area (Å²) in [7, 11) is 0. The summed E-state index contributed by atoms with van der Waals surface area (Å²) in [6.07, 6.45) is 20.8. The van der Waals surface area contributed by atoms with Crippen molar-refractivity contribution < 1.29 is 0 Å². The smallest absolute Gasteiger partial charge is 0.000744 e. The van der Waals surface area contributed by atoms with Crippen LogP contribution in [0, 0.1) is 0 Å². The zero-order chi connectivity index (χ0) is 18.2. The van der Waals surface area contributed by atoms with E-state index in [0.29, 0.717) is 0 Å². The molecule has 0 aliphatic carbocycles. The first-order valence-corrected chi connectivity index (χ1v) is 10.3. The minimum Gasteiger partial charge on any atom is -0.403 e. The number of hydrogen-bond donors (Lipinski definition) is 1. The Labute approximate surface area is 148 Å². The molecule has 1 heteroatoms. The quantitative estimate of drug-likeness (QED) is 0.238. The first-order chi connectivity index (χ1) is 11.3. The van der Waals surface area contributed by atoms with E-state index in [0.717, 1.165) is 12.1 Å². The molecule has 0 atom stereocenters. The van der Waals surface area contributed by atoms with Crippen LogP contribution in [-0.2, 0) is 0 Å². The van der Waals surface area contributed by atoms with E-state index >= 15 is 0 Å². The third kappa shape index (κ3) is 33.9. The number of nitrogens with two attached hydrogens (primary N) is 1. The Morgan fingerprint density at radius 1 is 0.652 bits per heavy atom. The van der Waals surface area contributed by atoms with Crippen molar-refractivity contribution in [3.05, 3.63) is 24.9 Å². The molecule has 140 valence electrons. The fourth-order valence-corrected chi connectivity index (χ4v) is 2.41. The summed E-state index contributed by atoms with van der Waals surface area (Å²) in [5.41, 5.74) is 6.38. The van der Waals surface area contributed by atoms with Crippen molar-refractivity contribution in [3.8, 4) is 0 Å². The Kier molecular flexibility index (Phi) is 34.6. The van der Waals surface area contributed by atoms with Crippen LogP contribution in [-0.4, -0.2) is 0 Å². The predicted molar refractivity (Wildman–Crippen MR) is 111 cm³/mol. The summed E-state index contributed by atoms with van der Waals surface area (Å²) >= 11 is 0. The van der Waals surface area contributed by atoms with Gasteiger partial charge >= 0.3 is 0 Å². The van der Waals surface area contributed by atoms with Gasteiger partial charge in [-0.2, -0.15) is 0 Å². The standard InChI is InChI=1S/C18H35N.2C2H6/c1-3-4-5-6-7-8-9-10-11-12-13-14-15-16-17-18(2)19;2*1-2/h3H,1-2,4-17,19H2;2*1-2H3. The lowest BCUT2D eigenvalue weighted by molar-refractivity contribution is 0.541. The molecule has 0 fully saturated rings. The van der Waals surface area contributed by atoms with E-state index in [9.17, 15) is 0 Å². The molecule has 0 rings (SSSR count). The minimum atomic E-state index is 0.841. The normalized spacial score (nSPS) is 9.22. The fraction of sp³-hybridized carbons (Fsp3) is 0.818. The van der Waals surface area contributed by atoms with Gasteiger partial charge in [0.25, 0.3) is 0 Å². The second-order valence-corrected chi connectivity index (χ2v) is 5.73. The lowest BCUT2D eigenvalue weighted by Crippen LogP contribution is -1.93. The first-order valence-electron chi connectivity index (χ1n) is 10.3. The van der Waals surface area contributed by atoms with E-state index < -0.39 is 0 Å². The monoisotopic (exact) mass is 325 g/mol. The molecule has 0 unspecified atom stereocenters. The molecule has 0 amide bonds. The van der Waals surface area contributed by atoms with Gasteiger partial charge < -0.3 is 5.73 Å². The largest absolute Gasteiger partial charge is 0.403 e. The maximum atomic E-state index is 5.54. The van der Waals surface area contributed by atoms with Crippen LogP contribution in [0.4, 0.5) is 0 Å². The molecule has 23 heavy (non-hydrogen) atoms. The van der Waals surface area contributed by atoms with Crippen molar-refractivity contribution in [1.82, 2.24) is 0 Å². The summed E-state index contributed by atoms with van der Waals surface area (Å²) in [4.78, 5) is 0. The summed E-state index contributed by atoms with van der Waals surface area (Å²) in [6.45, 7) is 15.5. The van der Waals surface area contributed by atoms with Gasteiger partial charge in [0, 0.05) is 5.70 Å². The molecule has 0 saturated heterocycles. The second kappa shape index (κ2) is 29.3. The van der Waals surface area contributed by atoms with Gasteiger partial charge in [0.1, 0.15) is 0 Å². The highest BCUT2D eigenvalue weighted by Crippen LogP contribution is 2.13. The van der Waals surface area contributed by atoms with Crippen molar-refractivity contribution >= 4 is 0 Å². The third-order valence-electron chi connectivity index (χ3n) is 3.66. The van der Waals surface area contributed by atoms with Gasteiger partial charge in [-0.1, -0.05) is 105 Å². The van der Waals surface area contributed by atoms with Crippen LogP contribution in [0.3, 0.4) is 0 Å². The van der Waals surface area contributed by atoms with Crippen molar-refractivity contribution in [1.29, 1.82) is 0 Å². The number of hydrogen-bond acceptors (Lipinski definition) is 1. The van der Waals surface area contributed by atoms with Crippen LogP contribution in [0.5, 0.6) is 0 Å². The van der Waals surface area contributed by atoms with E-state index in [1.54, 1.807) is 0 Å². The van der Waals surface area contributed by atoms with E-state index in [1.807, 2.05) is 33.8 Å². The van der Waals surface area contributed by atoms with E-state index in [2.05, 4.69) is 13.2 Å². The van der Waals surface area contributed by atoms with Gasteiger partial charge in [-0.25, -0.2) is 0 Å². The Balaban J connectivity index is -0.000000919. The summed E-state index contributed by atoms with van der Waals surface area (Å²) in [5, 5.41) is 0. The van der Waals surface area contributed by atoms with Crippen LogP contribution >= 0.6 is 0 Å². The fourth-order valence-electron chi connectivity index (χ4n) is 2.41. The van der Waals surface area contributed by atoms with Crippen LogP contribution in [0.25, 0.3) is 0 Å². The highest BCUT2D eigenvalue weighted by atomic mass is 14.5. The highest BCUT2D eigenvalue weighted by Gasteiger charge is 1.94. The lowest BCUT2D eigenvalue weighted by Gasteiger charge is -2.03. The SMILES string of the molecule is C=CCCCCCCCCCCCCCCC(=C)N.CC.CC. The van der Waals surface area contributed by atoms with Gasteiger partial charge in [0.2, 0.25) is 0 Å². The topological polar surface area (TPSA) is 26.0 Å². The first kappa shape index (κ1) is 27.1. The van der Waals surface area contributed by atoms with E-state index in [4.69, 9.17) is 5.73 Å². The van der Waals surface area contributed by atoms with Crippen LogP contribution in [0.15, 0.2) is 24.9 Å². The molecule has 0 aromatic rings. The molecule has 0 aromatic heterocycles. The summed E-state index contributed by atoms with van der Waals surface area (Å²) in [5.74, 6) is 0. The molecule has 0 aliphatic heterocycles. The van der Waals surface area contributed by atoms with Crippen LogP contribution in [0.2, 0.25) is 0 Å². The van der Waals surface area contributed by atoms with Gasteiger partial charge in [-0.05, 0) is 25.7 Å². The van der Waals surface area contributed by atoms with Gasteiger partial charge in [-0.3, -0.25) is 0 Å². The van der Waals surface area contributed by atoms with E-state index in [-0.39, 0.29) is 0 Å². The highest BCUT2D eigenvalue weighted by molar-refractivity contribution is 4.84. The van der Waals surface area contributed by atoms with Crippen molar-refractivity contribution in [3.63, 3.8) is 0 Å². The van der Waals surface area contributed by atoms with Gasteiger partial charge in [0.15, 0.2) is 0 Å². The average Bonchev–Trinajstić information content (AvgIpc) is 2.58.